The molecular weight excluding hydrogens is 374 g/mol. The Balaban J connectivity index is 1.95. The minimum absolute atomic E-state index is 0.0746. The molecule has 3 heterocycles. The van der Waals surface area contributed by atoms with E-state index in [4.69, 9.17) is 9.47 Å². The number of thiophene rings is 1. The number of fused-ring (bicyclic) bond motifs is 3. The van der Waals surface area contributed by atoms with Crippen molar-refractivity contribution in [1.29, 1.82) is 0 Å². The van der Waals surface area contributed by atoms with E-state index in [2.05, 4.69) is 21.7 Å². The Morgan fingerprint density at radius 2 is 2.18 bits per heavy atom. The normalized spacial score (nSPS) is 11.1. The van der Waals surface area contributed by atoms with E-state index in [-0.39, 0.29) is 5.56 Å². The van der Waals surface area contributed by atoms with Crippen molar-refractivity contribution in [2.24, 2.45) is 4.99 Å². The van der Waals surface area contributed by atoms with Crippen LogP contribution in [0.3, 0.4) is 0 Å². The number of rotatable bonds is 6. The third-order valence-corrected chi connectivity index (χ3v) is 5.53. The summed E-state index contributed by atoms with van der Waals surface area (Å²) in [6, 6.07) is 7.68. The zero-order valence-electron chi connectivity index (χ0n) is 15.6. The highest BCUT2D eigenvalue weighted by atomic mass is 32.1. The SMILES string of the molecule is C=NCCOc1ccc(-c2c(OC)cc(C)c3[nH]c(=O)c4sccc4c23)cn1. The molecule has 0 amide bonds. The second-order valence-electron chi connectivity index (χ2n) is 6.32. The van der Waals surface area contributed by atoms with E-state index in [1.54, 1.807) is 13.3 Å². The van der Waals surface area contributed by atoms with E-state index in [0.717, 1.165) is 38.7 Å². The molecule has 0 aliphatic rings. The van der Waals surface area contributed by atoms with Crippen molar-refractivity contribution in [2.75, 3.05) is 20.3 Å². The van der Waals surface area contributed by atoms with Crippen LogP contribution in [0.25, 0.3) is 32.1 Å². The van der Waals surface area contributed by atoms with Crippen LogP contribution in [-0.2, 0) is 0 Å². The summed E-state index contributed by atoms with van der Waals surface area (Å²) in [6.45, 7) is 6.35. The van der Waals surface area contributed by atoms with E-state index in [0.29, 0.717) is 23.7 Å². The number of pyridine rings is 2. The van der Waals surface area contributed by atoms with Crippen molar-refractivity contribution in [3.05, 3.63) is 51.8 Å². The van der Waals surface area contributed by atoms with E-state index in [1.165, 1.54) is 11.3 Å². The van der Waals surface area contributed by atoms with Crippen LogP contribution >= 0.6 is 11.3 Å². The van der Waals surface area contributed by atoms with Crippen LogP contribution in [-0.4, -0.2) is 36.9 Å². The molecule has 28 heavy (non-hydrogen) atoms. The van der Waals surface area contributed by atoms with Gasteiger partial charge in [-0.05, 0) is 42.8 Å². The highest BCUT2D eigenvalue weighted by Crippen LogP contribution is 2.41. The fraction of sp³-hybridized carbons (Fsp3) is 0.190. The third kappa shape index (κ3) is 3.03. The molecule has 0 radical (unpaired) electrons. The number of hydrogen-bond donors (Lipinski definition) is 1. The second kappa shape index (κ2) is 7.44. The molecule has 0 fully saturated rings. The summed E-state index contributed by atoms with van der Waals surface area (Å²) in [5.41, 5.74) is 3.47. The Hall–Kier alpha value is -3.19. The first kappa shape index (κ1) is 18.2. The Morgan fingerprint density at radius 1 is 1.32 bits per heavy atom. The molecule has 6 nitrogen and oxygen atoms in total. The van der Waals surface area contributed by atoms with Gasteiger partial charge in [0.25, 0.3) is 5.56 Å². The standard InChI is InChI=1S/C21H19N3O3S/c1-12-10-15(26-3)17(13-4-5-16(23-11-13)27-8-7-22-2)18-14-6-9-28-20(14)21(25)24-19(12)18/h4-6,9-11H,2,7-8H2,1,3H3,(H,24,25). The molecule has 0 atom stereocenters. The molecule has 7 heteroatoms. The van der Waals surface area contributed by atoms with Gasteiger partial charge in [-0.15, -0.1) is 11.3 Å². The Labute approximate surface area is 165 Å². The van der Waals surface area contributed by atoms with Crippen LogP contribution in [0.4, 0.5) is 0 Å². The summed E-state index contributed by atoms with van der Waals surface area (Å²) in [5.74, 6) is 1.26. The van der Waals surface area contributed by atoms with Gasteiger partial charge in [0.2, 0.25) is 5.88 Å². The lowest BCUT2D eigenvalue weighted by Crippen LogP contribution is -2.06. The number of ether oxygens (including phenoxy) is 2. The topological polar surface area (TPSA) is 76.6 Å². The maximum Gasteiger partial charge on any atom is 0.266 e. The van der Waals surface area contributed by atoms with E-state index in [9.17, 15) is 4.79 Å². The predicted octanol–water partition coefficient (Wildman–Crippen LogP) is 4.20. The molecule has 0 unspecified atom stereocenters. The minimum Gasteiger partial charge on any atom is -0.496 e. The fourth-order valence-corrected chi connectivity index (χ4v) is 4.14. The molecular formula is C21H19N3O3S. The van der Waals surface area contributed by atoms with Crippen LogP contribution in [0.5, 0.6) is 11.6 Å². The Bertz CT molecular complexity index is 1230. The number of benzene rings is 1. The van der Waals surface area contributed by atoms with Gasteiger partial charge in [0.05, 0.1) is 19.2 Å². The predicted molar refractivity (Wildman–Crippen MR) is 114 cm³/mol. The molecule has 0 saturated carbocycles. The van der Waals surface area contributed by atoms with E-state index >= 15 is 0 Å². The summed E-state index contributed by atoms with van der Waals surface area (Å²) in [6.07, 6.45) is 1.76. The number of aryl methyl sites for hydroxylation is 1. The Kier molecular flexibility index (Phi) is 4.83. The molecule has 0 aliphatic heterocycles. The van der Waals surface area contributed by atoms with E-state index in [1.807, 2.05) is 36.6 Å². The lowest BCUT2D eigenvalue weighted by atomic mass is 9.96. The highest BCUT2D eigenvalue weighted by molar-refractivity contribution is 7.17. The van der Waals surface area contributed by atoms with Gasteiger partial charge in [-0.25, -0.2) is 4.98 Å². The van der Waals surface area contributed by atoms with Crippen LogP contribution in [0.2, 0.25) is 0 Å². The van der Waals surface area contributed by atoms with Gasteiger partial charge in [0.1, 0.15) is 17.1 Å². The maximum atomic E-state index is 12.5. The Morgan fingerprint density at radius 3 is 2.89 bits per heavy atom. The molecule has 0 aliphatic carbocycles. The van der Waals surface area contributed by atoms with Crippen LogP contribution < -0.4 is 15.0 Å². The minimum atomic E-state index is -0.0746. The number of aliphatic imine (C=N–C) groups is 1. The smallest absolute Gasteiger partial charge is 0.266 e. The van der Waals surface area contributed by atoms with Gasteiger partial charge in [-0.1, -0.05) is 0 Å². The summed E-state index contributed by atoms with van der Waals surface area (Å²) < 4.78 is 11.9. The number of nitrogens with zero attached hydrogens (tertiary/aromatic N) is 2. The first-order valence-corrected chi connectivity index (χ1v) is 9.64. The lowest BCUT2D eigenvalue weighted by molar-refractivity contribution is 0.316. The number of aromatic nitrogens is 2. The van der Waals surface area contributed by atoms with Crippen LogP contribution in [0.15, 0.2) is 45.6 Å². The first-order chi connectivity index (χ1) is 13.6. The van der Waals surface area contributed by atoms with Gasteiger partial charge in [0, 0.05) is 34.2 Å². The monoisotopic (exact) mass is 393 g/mol. The van der Waals surface area contributed by atoms with Crippen molar-refractivity contribution < 1.29 is 9.47 Å². The average Bonchev–Trinajstić information content (AvgIpc) is 3.20. The number of H-pyrrole nitrogens is 1. The molecule has 1 N–H and O–H groups in total. The lowest BCUT2D eigenvalue weighted by Gasteiger charge is -2.15. The van der Waals surface area contributed by atoms with Gasteiger partial charge in [-0.2, -0.15) is 0 Å². The first-order valence-electron chi connectivity index (χ1n) is 8.76. The van der Waals surface area contributed by atoms with Crippen molar-refractivity contribution in [1.82, 2.24) is 9.97 Å². The second-order valence-corrected chi connectivity index (χ2v) is 7.24. The summed E-state index contributed by atoms with van der Waals surface area (Å²) in [7, 11) is 1.65. The van der Waals surface area contributed by atoms with Crippen molar-refractivity contribution in [3.8, 4) is 22.8 Å². The molecule has 0 bridgehead atoms. The molecule has 4 aromatic rings. The van der Waals surface area contributed by atoms with Crippen molar-refractivity contribution in [2.45, 2.75) is 6.92 Å². The third-order valence-electron chi connectivity index (χ3n) is 4.61. The average molecular weight is 393 g/mol. The summed E-state index contributed by atoms with van der Waals surface area (Å²) in [4.78, 5) is 23.7. The summed E-state index contributed by atoms with van der Waals surface area (Å²) in [5, 5.41) is 3.80. The fourth-order valence-electron chi connectivity index (χ4n) is 3.34. The van der Waals surface area contributed by atoms with Crippen LogP contribution in [0.1, 0.15) is 5.56 Å². The summed E-state index contributed by atoms with van der Waals surface area (Å²) >= 11 is 1.43. The largest absolute Gasteiger partial charge is 0.496 e. The van der Waals surface area contributed by atoms with E-state index < -0.39 is 0 Å². The molecule has 142 valence electrons. The van der Waals surface area contributed by atoms with Gasteiger partial charge in [-0.3, -0.25) is 9.79 Å². The highest BCUT2D eigenvalue weighted by Gasteiger charge is 2.18. The van der Waals surface area contributed by atoms with Gasteiger partial charge < -0.3 is 14.5 Å². The van der Waals surface area contributed by atoms with Gasteiger partial charge >= 0.3 is 0 Å². The molecule has 3 aromatic heterocycles. The van der Waals surface area contributed by atoms with Crippen molar-refractivity contribution >= 4 is 39.0 Å². The quantitative estimate of drug-likeness (QED) is 0.393. The zero-order chi connectivity index (χ0) is 19.7. The molecule has 4 rings (SSSR count). The number of aromatic amines is 1. The maximum absolute atomic E-state index is 12.5. The molecule has 0 saturated heterocycles. The number of hydrogen-bond acceptors (Lipinski definition) is 6. The van der Waals surface area contributed by atoms with Crippen molar-refractivity contribution in [3.63, 3.8) is 0 Å². The van der Waals surface area contributed by atoms with Gasteiger partial charge in [0.15, 0.2) is 0 Å². The molecule has 0 spiro atoms. The number of methoxy groups -OCH3 is 1. The van der Waals surface area contributed by atoms with Crippen LogP contribution in [0, 0.1) is 6.92 Å². The zero-order valence-corrected chi connectivity index (χ0v) is 16.4. The number of nitrogens with one attached hydrogen (secondary N) is 1. The molecule has 1 aromatic carbocycles.